The molecule has 21 heavy (non-hydrogen) atoms. The van der Waals surface area contributed by atoms with E-state index in [0.29, 0.717) is 24.0 Å². The van der Waals surface area contributed by atoms with Crippen LogP contribution in [0, 0.1) is 17.3 Å². The number of aliphatic hydroxyl groups excluding tert-OH is 2. The molecule has 0 amide bonds. The van der Waals surface area contributed by atoms with E-state index in [9.17, 15) is 15.3 Å². The Labute approximate surface area is 125 Å². The van der Waals surface area contributed by atoms with Crippen LogP contribution in [0.2, 0.25) is 0 Å². The lowest BCUT2D eigenvalue weighted by Gasteiger charge is -2.50. The Morgan fingerprint density at radius 3 is 2.81 bits per heavy atom. The van der Waals surface area contributed by atoms with Crippen molar-refractivity contribution in [1.29, 1.82) is 0 Å². The molecule has 114 valence electrons. The van der Waals surface area contributed by atoms with E-state index < -0.39 is 0 Å². The Hall–Kier alpha value is -1.06. The number of phenols is 1. The van der Waals surface area contributed by atoms with Gasteiger partial charge in [-0.15, -0.1) is 0 Å². The van der Waals surface area contributed by atoms with E-state index in [0.717, 1.165) is 25.7 Å². The maximum atomic E-state index is 10.5. The second-order valence-corrected chi connectivity index (χ2v) is 7.58. The zero-order valence-electron chi connectivity index (χ0n) is 12.5. The molecule has 3 aliphatic rings. The molecule has 1 aromatic carbocycles. The number of hydrogen-bond donors (Lipinski definition) is 3. The molecule has 4 rings (SSSR count). The van der Waals surface area contributed by atoms with Gasteiger partial charge in [0.1, 0.15) is 5.75 Å². The summed E-state index contributed by atoms with van der Waals surface area (Å²) in [7, 11) is 0. The molecule has 3 heteroatoms. The number of fused-ring (bicyclic) bond motifs is 5. The Morgan fingerprint density at radius 2 is 2.00 bits per heavy atom. The first-order valence-corrected chi connectivity index (χ1v) is 8.18. The summed E-state index contributed by atoms with van der Waals surface area (Å²) in [5.41, 5.74) is 2.52. The van der Waals surface area contributed by atoms with Gasteiger partial charge in [0.25, 0.3) is 0 Å². The minimum atomic E-state index is -0.364. The number of aliphatic hydroxyl groups is 2. The smallest absolute Gasteiger partial charge is 0.115 e. The Bertz CT molecular complexity index is 570. The second kappa shape index (κ2) is 4.47. The third-order valence-corrected chi connectivity index (χ3v) is 6.65. The first-order chi connectivity index (χ1) is 10.0. The maximum Gasteiger partial charge on any atom is 0.115 e. The van der Waals surface area contributed by atoms with Gasteiger partial charge in [-0.05, 0) is 72.1 Å². The summed E-state index contributed by atoms with van der Waals surface area (Å²) in [6.45, 7) is 2.17. The first kappa shape index (κ1) is 13.6. The lowest BCUT2D eigenvalue weighted by molar-refractivity contribution is -0.0440. The van der Waals surface area contributed by atoms with Crippen molar-refractivity contribution in [1.82, 2.24) is 0 Å². The van der Waals surface area contributed by atoms with Crippen molar-refractivity contribution in [2.45, 2.75) is 57.2 Å². The molecule has 1 aromatic rings. The third kappa shape index (κ3) is 1.80. The Morgan fingerprint density at radius 1 is 1.19 bits per heavy atom. The molecule has 0 aliphatic heterocycles. The molecule has 6 atom stereocenters. The molecule has 0 aromatic heterocycles. The molecule has 0 bridgehead atoms. The van der Waals surface area contributed by atoms with Crippen LogP contribution in [-0.2, 0) is 6.42 Å². The van der Waals surface area contributed by atoms with Gasteiger partial charge in [0.15, 0.2) is 0 Å². The van der Waals surface area contributed by atoms with E-state index >= 15 is 0 Å². The largest absolute Gasteiger partial charge is 0.508 e. The average molecular weight is 288 g/mol. The summed E-state index contributed by atoms with van der Waals surface area (Å²) in [6, 6.07) is 5.76. The number of hydrogen-bond acceptors (Lipinski definition) is 3. The van der Waals surface area contributed by atoms with Crippen molar-refractivity contribution in [2.24, 2.45) is 17.3 Å². The second-order valence-electron chi connectivity index (χ2n) is 7.58. The van der Waals surface area contributed by atoms with Crippen molar-refractivity contribution in [2.75, 3.05) is 0 Å². The van der Waals surface area contributed by atoms with E-state index in [-0.39, 0.29) is 23.5 Å². The molecule has 3 N–H and O–H groups in total. The summed E-state index contributed by atoms with van der Waals surface area (Å²) in [5.74, 6) is 1.51. The number of phenolic OH excluding ortho intramolecular Hbond substituents is 1. The van der Waals surface area contributed by atoms with Gasteiger partial charge in [0.2, 0.25) is 0 Å². The highest BCUT2D eigenvalue weighted by molar-refractivity contribution is 5.40. The van der Waals surface area contributed by atoms with Crippen LogP contribution in [0.5, 0.6) is 5.75 Å². The highest BCUT2D eigenvalue weighted by atomic mass is 16.3. The van der Waals surface area contributed by atoms with E-state index in [1.165, 1.54) is 11.1 Å². The molecular formula is C18H24O3. The standard InChI is InChI=1S/C18H24O3/c1-18-7-6-13-12-5-3-11(19)8-10(12)2-4-14(13)17(18)15(20)9-16(18)21/h3,5,8,13-17,19-21H,2,4,6-7,9H2,1H3/t13-,14-,15+,16+,17?,18-/m1/s1. The van der Waals surface area contributed by atoms with Crippen molar-refractivity contribution >= 4 is 0 Å². The summed E-state index contributed by atoms with van der Waals surface area (Å²) in [6.07, 6.45) is 3.91. The fourth-order valence-corrected chi connectivity index (χ4v) is 5.60. The molecule has 3 nitrogen and oxygen atoms in total. The van der Waals surface area contributed by atoms with Crippen LogP contribution in [-0.4, -0.2) is 27.5 Å². The van der Waals surface area contributed by atoms with Gasteiger partial charge in [-0.25, -0.2) is 0 Å². The van der Waals surface area contributed by atoms with Crippen LogP contribution in [0.3, 0.4) is 0 Å². The summed E-state index contributed by atoms with van der Waals surface area (Å²) >= 11 is 0. The predicted molar refractivity (Wildman–Crippen MR) is 80.1 cm³/mol. The van der Waals surface area contributed by atoms with Crippen molar-refractivity contribution in [3.63, 3.8) is 0 Å². The molecule has 0 radical (unpaired) electrons. The Balaban J connectivity index is 1.73. The van der Waals surface area contributed by atoms with Gasteiger partial charge < -0.3 is 15.3 Å². The van der Waals surface area contributed by atoms with E-state index in [1.54, 1.807) is 6.07 Å². The van der Waals surface area contributed by atoms with E-state index in [1.807, 2.05) is 6.07 Å². The number of aromatic hydroxyl groups is 1. The summed E-state index contributed by atoms with van der Waals surface area (Å²) < 4.78 is 0. The Kier molecular flexibility index (Phi) is 2.89. The molecule has 3 aliphatic carbocycles. The van der Waals surface area contributed by atoms with Gasteiger partial charge in [-0.2, -0.15) is 0 Å². The molecule has 0 saturated heterocycles. The van der Waals surface area contributed by atoms with Crippen LogP contribution < -0.4 is 0 Å². The summed E-state index contributed by atoms with van der Waals surface area (Å²) in [5, 5.41) is 30.6. The monoisotopic (exact) mass is 288 g/mol. The number of rotatable bonds is 0. The predicted octanol–water partition coefficient (Wildman–Crippen LogP) is 2.58. The number of benzene rings is 1. The number of aryl methyl sites for hydroxylation is 1. The summed E-state index contributed by atoms with van der Waals surface area (Å²) in [4.78, 5) is 0. The molecule has 1 unspecified atom stereocenters. The van der Waals surface area contributed by atoms with Crippen molar-refractivity contribution in [3.05, 3.63) is 29.3 Å². The third-order valence-electron chi connectivity index (χ3n) is 6.65. The van der Waals surface area contributed by atoms with Gasteiger partial charge in [0.05, 0.1) is 12.2 Å². The first-order valence-electron chi connectivity index (χ1n) is 8.18. The zero-order valence-corrected chi connectivity index (χ0v) is 12.5. The molecule has 2 fully saturated rings. The minimum Gasteiger partial charge on any atom is -0.508 e. The van der Waals surface area contributed by atoms with Crippen LogP contribution in [0.25, 0.3) is 0 Å². The van der Waals surface area contributed by atoms with Crippen molar-refractivity contribution < 1.29 is 15.3 Å². The fraction of sp³-hybridized carbons (Fsp3) is 0.667. The van der Waals surface area contributed by atoms with Gasteiger partial charge in [-0.1, -0.05) is 13.0 Å². The van der Waals surface area contributed by atoms with Crippen molar-refractivity contribution in [3.8, 4) is 5.75 Å². The normalized spacial score (nSPS) is 44.8. The van der Waals surface area contributed by atoms with Gasteiger partial charge in [-0.3, -0.25) is 0 Å². The lowest BCUT2D eigenvalue weighted by atomic mass is 9.55. The molecule has 0 spiro atoms. The SMILES string of the molecule is C[C@]12CC[C@@H]3c4ccc(O)cc4CC[C@H]3C1[C@@H](O)C[C@@H]2O. The molecular weight excluding hydrogens is 264 g/mol. The highest BCUT2D eigenvalue weighted by Crippen LogP contribution is 2.60. The van der Waals surface area contributed by atoms with E-state index in [2.05, 4.69) is 13.0 Å². The van der Waals surface area contributed by atoms with Crippen LogP contribution in [0.15, 0.2) is 18.2 Å². The van der Waals surface area contributed by atoms with Gasteiger partial charge >= 0.3 is 0 Å². The zero-order chi connectivity index (χ0) is 14.8. The van der Waals surface area contributed by atoms with Crippen LogP contribution in [0.4, 0.5) is 0 Å². The minimum absolute atomic E-state index is 0.116. The highest BCUT2D eigenvalue weighted by Gasteiger charge is 2.58. The van der Waals surface area contributed by atoms with Crippen LogP contribution in [0.1, 0.15) is 49.7 Å². The fourth-order valence-electron chi connectivity index (χ4n) is 5.60. The van der Waals surface area contributed by atoms with E-state index in [4.69, 9.17) is 0 Å². The van der Waals surface area contributed by atoms with Gasteiger partial charge in [0, 0.05) is 6.42 Å². The van der Waals surface area contributed by atoms with Crippen LogP contribution >= 0.6 is 0 Å². The molecule has 2 saturated carbocycles. The maximum absolute atomic E-state index is 10.5. The topological polar surface area (TPSA) is 60.7 Å². The average Bonchev–Trinajstić information content (AvgIpc) is 2.68. The molecule has 0 heterocycles. The quantitative estimate of drug-likeness (QED) is 0.687. The lowest BCUT2D eigenvalue weighted by Crippen LogP contribution is -2.46.